The maximum absolute atomic E-state index is 11.5. The predicted molar refractivity (Wildman–Crippen MR) is 52.9 cm³/mol. The van der Waals surface area contributed by atoms with E-state index >= 15 is 0 Å². The summed E-state index contributed by atoms with van der Waals surface area (Å²) in [5, 5.41) is 8.23. The van der Waals surface area contributed by atoms with Gasteiger partial charge in [-0.15, -0.1) is 0 Å². The molecule has 7 heteroatoms. The lowest BCUT2D eigenvalue weighted by molar-refractivity contribution is -0.142. The number of hydrogen-bond acceptors (Lipinski definition) is 4. The second-order valence-corrected chi connectivity index (χ2v) is 6.07. The summed E-state index contributed by atoms with van der Waals surface area (Å²) in [6.45, 7) is 3.24. The van der Waals surface area contributed by atoms with Crippen molar-refractivity contribution in [3.05, 3.63) is 0 Å². The number of aliphatic carboxylic acids is 1. The zero-order chi connectivity index (χ0) is 11.6. The molecule has 0 saturated carbocycles. The number of hydrogen-bond donors (Lipinski definition) is 2. The van der Waals surface area contributed by atoms with Gasteiger partial charge in [0.2, 0.25) is 10.0 Å². The molecule has 0 aliphatic carbocycles. The van der Waals surface area contributed by atoms with Crippen molar-refractivity contribution in [2.24, 2.45) is 5.92 Å². The maximum Gasteiger partial charge on any atom is 0.310 e. The summed E-state index contributed by atoms with van der Waals surface area (Å²) >= 11 is 0. The largest absolute Gasteiger partial charge is 0.481 e. The molecule has 2 N–H and O–H groups in total. The Morgan fingerprint density at radius 3 is 2.53 bits per heavy atom. The summed E-state index contributed by atoms with van der Waals surface area (Å²) in [5.41, 5.74) is 0. The molecular weight excluding hydrogens is 222 g/mol. The number of sulfonamides is 1. The normalized spacial score (nSPS) is 27.1. The summed E-state index contributed by atoms with van der Waals surface area (Å²) in [4.78, 5) is 10.8. The van der Waals surface area contributed by atoms with Gasteiger partial charge in [-0.2, -0.15) is 0 Å². The first-order chi connectivity index (χ1) is 6.84. The Morgan fingerprint density at radius 2 is 2.07 bits per heavy atom. The number of nitrogens with one attached hydrogen (secondary N) is 1. The fourth-order valence-corrected chi connectivity index (χ4v) is 2.19. The molecule has 6 nitrogen and oxygen atoms in total. The smallest absolute Gasteiger partial charge is 0.310 e. The Balaban J connectivity index is 2.70. The van der Waals surface area contributed by atoms with Crippen molar-refractivity contribution in [1.82, 2.24) is 4.72 Å². The van der Waals surface area contributed by atoms with Crippen molar-refractivity contribution in [2.45, 2.75) is 25.1 Å². The van der Waals surface area contributed by atoms with Crippen LogP contribution in [0.2, 0.25) is 0 Å². The highest BCUT2D eigenvalue weighted by Crippen LogP contribution is 2.15. The minimum atomic E-state index is -3.44. The summed E-state index contributed by atoms with van der Waals surface area (Å²) in [7, 11) is -3.44. The van der Waals surface area contributed by atoms with Gasteiger partial charge in [0.05, 0.1) is 30.4 Å². The van der Waals surface area contributed by atoms with Crippen LogP contribution in [0.1, 0.15) is 13.8 Å². The Labute approximate surface area is 88.7 Å². The lowest BCUT2D eigenvalue weighted by atomic mass is 10.1. The van der Waals surface area contributed by atoms with Gasteiger partial charge in [0.15, 0.2) is 0 Å². The third-order valence-electron chi connectivity index (χ3n) is 2.33. The molecule has 1 rings (SSSR count). The van der Waals surface area contributed by atoms with Gasteiger partial charge in [0.1, 0.15) is 0 Å². The van der Waals surface area contributed by atoms with E-state index in [-0.39, 0.29) is 13.2 Å². The third kappa shape index (κ3) is 2.90. The minimum absolute atomic E-state index is 0.0562. The van der Waals surface area contributed by atoms with Crippen molar-refractivity contribution < 1.29 is 23.1 Å². The van der Waals surface area contributed by atoms with E-state index in [1.807, 2.05) is 0 Å². The molecule has 1 aliphatic heterocycles. The van der Waals surface area contributed by atoms with Crippen LogP contribution in [0.3, 0.4) is 0 Å². The molecule has 0 aromatic rings. The number of rotatable bonds is 4. The molecule has 2 atom stereocenters. The Kier molecular flexibility index (Phi) is 3.69. The maximum atomic E-state index is 11.5. The number of carbonyl (C=O) groups is 1. The molecule has 0 radical (unpaired) electrons. The molecule has 1 heterocycles. The fourth-order valence-electron chi connectivity index (χ4n) is 1.26. The zero-order valence-electron chi connectivity index (χ0n) is 8.63. The topological polar surface area (TPSA) is 92.7 Å². The van der Waals surface area contributed by atoms with Crippen LogP contribution >= 0.6 is 0 Å². The van der Waals surface area contributed by atoms with Crippen LogP contribution in [-0.4, -0.2) is 44.0 Å². The SMILES string of the molecule is CC(C)S(=O)(=O)NC1COCC1C(=O)O. The highest BCUT2D eigenvalue weighted by atomic mass is 32.2. The molecule has 1 saturated heterocycles. The molecule has 0 bridgehead atoms. The summed E-state index contributed by atoms with van der Waals surface area (Å²) in [6, 6.07) is -0.658. The van der Waals surface area contributed by atoms with Gasteiger partial charge in [-0.05, 0) is 13.8 Å². The number of carboxylic acid groups (broad SMARTS) is 1. The van der Waals surface area contributed by atoms with E-state index in [0.717, 1.165) is 0 Å². The average molecular weight is 237 g/mol. The standard InChI is InChI=1S/C8H15NO5S/c1-5(2)15(12,13)9-7-4-14-3-6(7)8(10)11/h5-7,9H,3-4H2,1-2H3,(H,10,11). The lowest BCUT2D eigenvalue weighted by Gasteiger charge is -2.17. The van der Waals surface area contributed by atoms with E-state index in [0.29, 0.717) is 0 Å². The molecule has 0 amide bonds. The fraction of sp³-hybridized carbons (Fsp3) is 0.875. The van der Waals surface area contributed by atoms with Crippen molar-refractivity contribution in [2.75, 3.05) is 13.2 Å². The van der Waals surface area contributed by atoms with Gasteiger partial charge < -0.3 is 9.84 Å². The second-order valence-electron chi connectivity index (χ2n) is 3.80. The van der Waals surface area contributed by atoms with Crippen LogP contribution in [0, 0.1) is 5.92 Å². The van der Waals surface area contributed by atoms with Gasteiger partial charge in [-0.1, -0.05) is 0 Å². The molecule has 0 aromatic carbocycles. The highest BCUT2D eigenvalue weighted by molar-refractivity contribution is 7.90. The first-order valence-corrected chi connectivity index (χ1v) is 6.21. The van der Waals surface area contributed by atoms with Gasteiger partial charge in [-0.3, -0.25) is 4.79 Å². The van der Waals surface area contributed by atoms with E-state index in [1.165, 1.54) is 13.8 Å². The van der Waals surface area contributed by atoms with Crippen LogP contribution in [0.15, 0.2) is 0 Å². The molecule has 1 fully saturated rings. The van der Waals surface area contributed by atoms with Gasteiger partial charge >= 0.3 is 5.97 Å². The Morgan fingerprint density at radius 1 is 1.47 bits per heavy atom. The van der Waals surface area contributed by atoms with Crippen LogP contribution in [0.4, 0.5) is 0 Å². The molecule has 2 unspecified atom stereocenters. The third-order valence-corrected chi connectivity index (χ3v) is 4.21. The van der Waals surface area contributed by atoms with Crippen LogP contribution < -0.4 is 4.72 Å². The number of carboxylic acids is 1. The first-order valence-electron chi connectivity index (χ1n) is 4.66. The van der Waals surface area contributed by atoms with Crippen molar-refractivity contribution in [3.63, 3.8) is 0 Å². The van der Waals surface area contributed by atoms with Gasteiger partial charge in [0.25, 0.3) is 0 Å². The molecule has 88 valence electrons. The van der Waals surface area contributed by atoms with Crippen molar-refractivity contribution in [3.8, 4) is 0 Å². The molecular formula is C8H15NO5S. The second kappa shape index (κ2) is 4.46. The van der Waals surface area contributed by atoms with E-state index in [9.17, 15) is 13.2 Å². The average Bonchev–Trinajstić information content (AvgIpc) is 2.51. The monoisotopic (exact) mass is 237 g/mol. The van der Waals surface area contributed by atoms with E-state index in [2.05, 4.69) is 4.72 Å². The lowest BCUT2D eigenvalue weighted by Crippen LogP contribution is -2.45. The minimum Gasteiger partial charge on any atom is -0.481 e. The summed E-state index contributed by atoms with van der Waals surface area (Å²) in [6.07, 6.45) is 0. The molecule has 1 aliphatic rings. The molecule has 15 heavy (non-hydrogen) atoms. The summed E-state index contributed by atoms with van der Waals surface area (Å²) < 4.78 is 30.3. The highest BCUT2D eigenvalue weighted by Gasteiger charge is 2.37. The molecule has 0 aromatic heterocycles. The predicted octanol–water partition coefficient (Wildman–Crippen LogP) is -0.586. The quantitative estimate of drug-likeness (QED) is 0.682. The van der Waals surface area contributed by atoms with Crippen LogP contribution in [0.5, 0.6) is 0 Å². The van der Waals surface area contributed by atoms with E-state index < -0.39 is 33.2 Å². The van der Waals surface area contributed by atoms with Gasteiger partial charge in [0, 0.05) is 0 Å². The van der Waals surface area contributed by atoms with Crippen molar-refractivity contribution >= 4 is 16.0 Å². The summed E-state index contributed by atoms with van der Waals surface area (Å²) in [5.74, 6) is -1.83. The van der Waals surface area contributed by atoms with Crippen molar-refractivity contribution in [1.29, 1.82) is 0 Å². The van der Waals surface area contributed by atoms with E-state index in [1.54, 1.807) is 0 Å². The number of ether oxygens (including phenoxy) is 1. The molecule has 0 spiro atoms. The van der Waals surface area contributed by atoms with Crippen LogP contribution in [0.25, 0.3) is 0 Å². The Bertz CT molecular complexity index is 337. The van der Waals surface area contributed by atoms with Crippen LogP contribution in [-0.2, 0) is 19.6 Å². The van der Waals surface area contributed by atoms with E-state index in [4.69, 9.17) is 9.84 Å². The Hall–Kier alpha value is -0.660. The van der Waals surface area contributed by atoms with Gasteiger partial charge in [-0.25, -0.2) is 13.1 Å². The first kappa shape index (κ1) is 12.4. The zero-order valence-corrected chi connectivity index (χ0v) is 9.45.